The van der Waals surface area contributed by atoms with E-state index in [0.29, 0.717) is 10.9 Å². The second kappa shape index (κ2) is 9.39. The molecule has 0 saturated heterocycles. The number of hydrogen-bond acceptors (Lipinski definition) is 9. The normalized spacial score (nSPS) is 22.1. The van der Waals surface area contributed by atoms with Crippen LogP contribution in [0.1, 0.15) is 31.8 Å². The highest BCUT2D eigenvalue weighted by atomic mass is 19.1. The number of ketones is 2. The molecule has 41 heavy (non-hydrogen) atoms. The molecule has 0 spiro atoms. The smallest absolute Gasteiger partial charge is 0.258 e. The van der Waals surface area contributed by atoms with Gasteiger partial charge in [-0.1, -0.05) is 18.2 Å². The third-order valence-corrected chi connectivity index (χ3v) is 8.01. The van der Waals surface area contributed by atoms with Gasteiger partial charge in [-0.2, -0.15) is 0 Å². The standard InChI is InChI=1S/C29H26FN3O8/c1-11-12-8-9-17(32-28(40)13-6-4-5-7-16(13)30)22(34)18(12)23(35)19-14(11)10-15-21(33(2)3)24(36)20(27(31)39)26(38)29(15,41)25(19)37/h4-9,15,21,34-35,38,41H,10H2,1-3H3,(H2,31,39)(H,32,40)/t15-,21-,29-/m0/s1. The predicted molar refractivity (Wildman–Crippen MR) is 144 cm³/mol. The first-order valence-corrected chi connectivity index (χ1v) is 12.5. The number of phenols is 2. The van der Waals surface area contributed by atoms with Crippen LogP contribution in [0.25, 0.3) is 10.8 Å². The molecule has 11 nitrogen and oxygen atoms in total. The van der Waals surface area contributed by atoms with E-state index >= 15 is 0 Å². The number of carbonyl (C=O) groups is 4. The number of amides is 2. The number of likely N-dealkylation sites (N-methyl/N-ethyl adjacent to an activating group) is 1. The Morgan fingerprint density at radius 2 is 1.73 bits per heavy atom. The van der Waals surface area contributed by atoms with Gasteiger partial charge in [0.2, 0.25) is 5.78 Å². The molecule has 0 unspecified atom stereocenters. The number of nitrogens with two attached hydrogens (primary N) is 1. The van der Waals surface area contributed by atoms with Crippen LogP contribution >= 0.6 is 0 Å². The van der Waals surface area contributed by atoms with Crippen LogP contribution in [0.3, 0.4) is 0 Å². The number of benzene rings is 3. The number of phenolic OH excluding ortho intramolecular Hbond substituents is 2. The number of nitrogens with zero attached hydrogens (tertiary/aromatic N) is 1. The molecule has 0 heterocycles. The van der Waals surface area contributed by atoms with Gasteiger partial charge in [0.15, 0.2) is 17.1 Å². The van der Waals surface area contributed by atoms with E-state index in [2.05, 4.69) is 5.32 Å². The highest BCUT2D eigenvalue weighted by Gasteiger charge is 2.62. The molecule has 0 aliphatic heterocycles. The molecule has 5 rings (SSSR count). The van der Waals surface area contributed by atoms with Crippen molar-refractivity contribution in [2.75, 3.05) is 19.4 Å². The molecule has 2 aliphatic rings. The molecular weight excluding hydrogens is 537 g/mol. The van der Waals surface area contributed by atoms with E-state index in [1.54, 1.807) is 6.92 Å². The summed E-state index contributed by atoms with van der Waals surface area (Å²) >= 11 is 0. The average Bonchev–Trinajstić information content (AvgIpc) is 2.90. The number of aromatic hydroxyl groups is 2. The molecule has 3 aromatic carbocycles. The van der Waals surface area contributed by atoms with Gasteiger partial charge in [-0.15, -0.1) is 0 Å². The van der Waals surface area contributed by atoms with E-state index in [-0.39, 0.29) is 28.6 Å². The zero-order valence-electron chi connectivity index (χ0n) is 22.2. The summed E-state index contributed by atoms with van der Waals surface area (Å²) in [4.78, 5) is 53.3. The summed E-state index contributed by atoms with van der Waals surface area (Å²) in [5.74, 6) is -8.94. The van der Waals surface area contributed by atoms with Crippen molar-refractivity contribution < 1.29 is 44.0 Å². The Balaban J connectivity index is 1.72. The lowest BCUT2D eigenvalue weighted by atomic mass is 9.61. The van der Waals surface area contributed by atoms with Crippen LogP contribution in [-0.2, 0) is 16.0 Å². The van der Waals surface area contributed by atoms with Gasteiger partial charge in [-0.3, -0.25) is 24.1 Å². The van der Waals surface area contributed by atoms with Gasteiger partial charge in [0, 0.05) is 5.92 Å². The predicted octanol–water partition coefficient (Wildman–Crippen LogP) is 1.85. The van der Waals surface area contributed by atoms with Crippen molar-refractivity contribution in [2.24, 2.45) is 11.7 Å². The molecule has 3 atom stereocenters. The highest BCUT2D eigenvalue weighted by Crippen LogP contribution is 2.51. The summed E-state index contributed by atoms with van der Waals surface area (Å²) in [6, 6.07) is 6.79. The number of Topliss-reactive ketones (excluding diaryl/α,β-unsaturated/α-hetero) is 2. The topological polar surface area (TPSA) is 190 Å². The molecule has 2 amide bonds. The van der Waals surface area contributed by atoms with Crippen LogP contribution in [-0.4, -0.2) is 74.4 Å². The molecule has 0 radical (unpaired) electrons. The maximum Gasteiger partial charge on any atom is 0.258 e. The minimum Gasteiger partial charge on any atom is -0.508 e. The molecule has 0 fully saturated rings. The van der Waals surface area contributed by atoms with Crippen molar-refractivity contribution in [3.05, 3.63) is 75.8 Å². The lowest BCUT2D eigenvalue weighted by molar-refractivity contribution is -0.132. The van der Waals surface area contributed by atoms with Crippen LogP contribution in [0, 0.1) is 18.7 Å². The first-order valence-electron chi connectivity index (χ1n) is 12.5. The molecule has 212 valence electrons. The van der Waals surface area contributed by atoms with Gasteiger partial charge >= 0.3 is 0 Å². The van der Waals surface area contributed by atoms with Crippen molar-refractivity contribution >= 4 is 39.8 Å². The summed E-state index contributed by atoms with van der Waals surface area (Å²) in [7, 11) is 3.01. The molecule has 7 N–H and O–H groups in total. The number of carbonyl (C=O) groups excluding carboxylic acids is 4. The van der Waals surface area contributed by atoms with Crippen LogP contribution in [0.15, 0.2) is 47.7 Å². The fraction of sp³-hybridized carbons (Fsp3) is 0.241. The summed E-state index contributed by atoms with van der Waals surface area (Å²) in [5, 5.41) is 47.5. The quantitative estimate of drug-likeness (QED) is 0.203. The number of nitrogens with one attached hydrogen (secondary N) is 1. The van der Waals surface area contributed by atoms with E-state index in [4.69, 9.17) is 5.73 Å². The summed E-state index contributed by atoms with van der Waals surface area (Å²) in [6.45, 7) is 1.61. The second-order valence-electron chi connectivity index (χ2n) is 10.4. The average molecular weight is 564 g/mol. The molecule has 12 heteroatoms. The van der Waals surface area contributed by atoms with Gasteiger partial charge in [-0.25, -0.2) is 4.39 Å². The number of aryl methyl sites for hydroxylation is 1. The Labute approximate surface area is 232 Å². The van der Waals surface area contributed by atoms with Crippen molar-refractivity contribution in [1.29, 1.82) is 0 Å². The Kier molecular flexibility index (Phi) is 6.35. The van der Waals surface area contributed by atoms with Gasteiger partial charge in [0.25, 0.3) is 11.8 Å². The lowest BCUT2D eigenvalue weighted by Gasteiger charge is -2.47. The van der Waals surface area contributed by atoms with E-state index in [9.17, 15) is 44.0 Å². The fourth-order valence-electron chi connectivity index (χ4n) is 6.02. The molecule has 2 aliphatic carbocycles. The Bertz CT molecular complexity index is 1750. The van der Waals surface area contributed by atoms with Gasteiger partial charge in [-0.05, 0) is 62.2 Å². The number of hydrogen-bond donors (Lipinski definition) is 6. The Morgan fingerprint density at radius 1 is 1.07 bits per heavy atom. The first kappa shape index (κ1) is 27.7. The molecular formula is C29H26FN3O8. The maximum atomic E-state index is 14.1. The van der Waals surface area contributed by atoms with E-state index in [1.165, 1.54) is 49.3 Å². The third kappa shape index (κ3) is 3.79. The number of halogens is 1. The monoisotopic (exact) mass is 563 g/mol. The van der Waals surface area contributed by atoms with E-state index < -0.39 is 75.2 Å². The van der Waals surface area contributed by atoms with E-state index in [1.807, 2.05) is 0 Å². The van der Waals surface area contributed by atoms with Crippen molar-refractivity contribution in [3.63, 3.8) is 0 Å². The van der Waals surface area contributed by atoms with Crippen LogP contribution < -0.4 is 11.1 Å². The number of rotatable bonds is 4. The molecule has 0 saturated carbocycles. The summed E-state index contributed by atoms with van der Waals surface area (Å²) in [5.41, 5.74) is 1.35. The SMILES string of the molecule is Cc1c2c(c(O)c3c(O)c(NC(=O)c4ccccc4F)ccc13)C(=O)[C@]1(O)C(O)=C(C(N)=O)C(=O)[C@@H](N(C)C)[C@@H]1C2. The third-order valence-electron chi connectivity index (χ3n) is 8.01. The molecule has 0 aromatic heterocycles. The number of fused-ring (bicyclic) bond motifs is 3. The van der Waals surface area contributed by atoms with E-state index in [0.717, 1.165) is 6.07 Å². The van der Waals surface area contributed by atoms with Crippen LogP contribution in [0.2, 0.25) is 0 Å². The minimum absolute atomic E-state index is 0.176. The summed E-state index contributed by atoms with van der Waals surface area (Å²) in [6.07, 6.45) is -0.176. The molecule has 3 aromatic rings. The zero-order chi connectivity index (χ0) is 30.1. The maximum absolute atomic E-state index is 14.1. The van der Waals surface area contributed by atoms with Crippen molar-refractivity contribution in [3.8, 4) is 11.5 Å². The van der Waals surface area contributed by atoms with Crippen LogP contribution in [0.4, 0.5) is 10.1 Å². The first-order chi connectivity index (χ1) is 19.2. The van der Waals surface area contributed by atoms with Crippen molar-refractivity contribution in [2.45, 2.75) is 25.0 Å². The van der Waals surface area contributed by atoms with Crippen LogP contribution in [0.5, 0.6) is 11.5 Å². The van der Waals surface area contributed by atoms with Crippen molar-refractivity contribution in [1.82, 2.24) is 4.90 Å². The second-order valence-corrected chi connectivity index (χ2v) is 10.4. The summed E-state index contributed by atoms with van der Waals surface area (Å²) < 4.78 is 14.1. The fourth-order valence-corrected chi connectivity index (χ4v) is 6.02. The molecule has 0 bridgehead atoms. The number of aliphatic hydroxyl groups excluding tert-OH is 1. The Hall–Kier alpha value is -4.81. The largest absolute Gasteiger partial charge is 0.508 e. The minimum atomic E-state index is -2.80. The number of aliphatic hydroxyl groups is 2. The Morgan fingerprint density at radius 3 is 2.34 bits per heavy atom. The van der Waals surface area contributed by atoms with Gasteiger partial charge < -0.3 is 31.5 Å². The number of primary amides is 1. The van der Waals surface area contributed by atoms with Gasteiger partial charge in [0.1, 0.15) is 22.9 Å². The number of anilines is 1. The zero-order valence-corrected chi connectivity index (χ0v) is 22.2. The lowest BCUT2D eigenvalue weighted by Crippen LogP contribution is -2.64. The highest BCUT2D eigenvalue weighted by molar-refractivity contribution is 6.25. The van der Waals surface area contributed by atoms with Gasteiger partial charge in [0.05, 0.1) is 28.2 Å².